The zero-order chi connectivity index (χ0) is 11.5. The molecular formula is C11H11NO3S. The van der Waals surface area contributed by atoms with E-state index >= 15 is 0 Å². The van der Waals surface area contributed by atoms with Crippen molar-refractivity contribution in [3.63, 3.8) is 0 Å². The Morgan fingerprint density at radius 1 is 1.44 bits per heavy atom. The number of nitrogens with zero attached hydrogens (tertiary/aromatic N) is 1. The van der Waals surface area contributed by atoms with Gasteiger partial charge in [0, 0.05) is 28.8 Å². The van der Waals surface area contributed by atoms with Gasteiger partial charge in [0.05, 0.1) is 4.92 Å². The molecule has 0 aliphatic carbocycles. The lowest BCUT2D eigenvalue weighted by Crippen LogP contribution is -1.89. The number of aryl methyl sites for hydroxylation is 1. The van der Waals surface area contributed by atoms with Crippen molar-refractivity contribution < 1.29 is 10.0 Å². The van der Waals surface area contributed by atoms with Crippen LogP contribution in [0.4, 0.5) is 5.69 Å². The molecule has 0 aliphatic rings. The van der Waals surface area contributed by atoms with Crippen LogP contribution < -0.4 is 0 Å². The fourth-order valence-corrected chi connectivity index (χ4v) is 2.62. The zero-order valence-corrected chi connectivity index (χ0v) is 9.37. The van der Waals surface area contributed by atoms with Gasteiger partial charge in [-0.3, -0.25) is 10.1 Å². The lowest BCUT2D eigenvalue weighted by atomic mass is 10.1. The van der Waals surface area contributed by atoms with Gasteiger partial charge in [0.25, 0.3) is 5.69 Å². The third kappa shape index (κ3) is 2.05. The minimum atomic E-state index is -0.382. The summed E-state index contributed by atoms with van der Waals surface area (Å²) in [5, 5.41) is 22.4. The number of nitro benzene ring substituents is 1. The predicted molar refractivity (Wildman–Crippen MR) is 63.9 cm³/mol. The summed E-state index contributed by atoms with van der Waals surface area (Å²) in [6, 6.07) is 4.91. The van der Waals surface area contributed by atoms with Crippen molar-refractivity contribution in [2.45, 2.75) is 12.8 Å². The minimum Gasteiger partial charge on any atom is -0.396 e. The summed E-state index contributed by atoms with van der Waals surface area (Å²) >= 11 is 1.58. The Labute approximate surface area is 96.3 Å². The number of non-ortho nitro benzene ring substituents is 1. The summed E-state index contributed by atoms with van der Waals surface area (Å²) < 4.78 is 1.05. The summed E-state index contributed by atoms with van der Waals surface area (Å²) in [7, 11) is 0. The molecule has 0 aliphatic heterocycles. The van der Waals surface area contributed by atoms with Gasteiger partial charge in [-0.2, -0.15) is 0 Å². The lowest BCUT2D eigenvalue weighted by molar-refractivity contribution is -0.384. The number of aliphatic hydroxyl groups excluding tert-OH is 1. The Morgan fingerprint density at radius 2 is 2.25 bits per heavy atom. The van der Waals surface area contributed by atoms with Gasteiger partial charge < -0.3 is 5.11 Å². The zero-order valence-electron chi connectivity index (χ0n) is 8.55. The molecule has 0 radical (unpaired) electrons. The van der Waals surface area contributed by atoms with E-state index in [1.54, 1.807) is 23.5 Å². The second-order valence-corrected chi connectivity index (χ2v) is 4.44. The molecule has 1 aromatic carbocycles. The van der Waals surface area contributed by atoms with E-state index in [0.29, 0.717) is 6.42 Å². The Morgan fingerprint density at radius 3 is 2.94 bits per heavy atom. The monoisotopic (exact) mass is 237 g/mol. The highest BCUT2D eigenvalue weighted by molar-refractivity contribution is 7.17. The van der Waals surface area contributed by atoms with Crippen molar-refractivity contribution in [3.05, 3.63) is 39.3 Å². The number of benzene rings is 1. The van der Waals surface area contributed by atoms with Gasteiger partial charge in [-0.05, 0) is 29.9 Å². The molecule has 0 saturated carbocycles. The first-order chi connectivity index (χ1) is 7.72. The van der Waals surface area contributed by atoms with E-state index in [-0.39, 0.29) is 17.2 Å². The van der Waals surface area contributed by atoms with Crippen LogP contribution in [-0.2, 0) is 6.42 Å². The lowest BCUT2D eigenvalue weighted by Gasteiger charge is -1.97. The van der Waals surface area contributed by atoms with E-state index in [4.69, 9.17) is 5.11 Å². The molecule has 0 fully saturated rings. The van der Waals surface area contributed by atoms with Gasteiger partial charge in [0.1, 0.15) is 0 Å². The Kier molecular flexibility index (Phi) is 3.17. The van der Waals surface area contributed by atoms with Crippen molar-refractivity contribution >= 4 is 27.1 Å². The van der Waals surface area contributed by atoms with Gasteiger partial charge >= 0.3 is 0 Å². The quantitative estimate of drug-likeness (QED) is 0.657. The summed E-state index contributed by atoms with van der Waals surface area (Å²) in [5.74, 6) is 0. The van der Waals surface area contributed by atoms with Crippen LogP contribution in [-0.4, -0.2) is 16.6 Å². The summed E-state index contributed by atoms with van der Waals surface area (Å²) in [5.41, 5.74) is 1.20. The van der Waals surface area contributed by atoms with Crippen LogP contribution in [0.15, 0.2) is 23.6 Å². The first-order valence-electron chi connectivity index (χ1n) is 4.98. The van der Waals surface area contributed by atoms with Crippen molar-refractivity contribution in [1.29, 1.82) is 0 Å². The van der Waals surface area contributed by atoms with E-state index in [9.17, 15) is 10.1 Å². The number of hydrogen-bond donors (Lipinski definition) is 1. The molecule has 5 heteroatoms. The number of aliphatic hydroxyl groups is 1. The maximum absolute atomic E-state index is 10.7. The topological polar surface area (TPSA) is 63.4 Å². The third-order valence-corrected chi connectivity index (χ3v) is 3.46. The summed E-state index contributed by atoms with van der Waals surface area (Å²) in [6.45, 7) is 0.145. The molecule has 2 rings (SSSR count). The van der Waals surface area contributed by atoms with Crippen molar-refractivity contribution in [2.24, 2.45) is 0 Å². The molecule has 0 atom stereocenters. The molecule has 0 spiro atoms. The van der Waals surface area contributed by atoms with Crippen LogP contribution in [0.5, 0.6) is 0 Å². The molecule has 0 amide bonds. The third-order valence-electron chi connectivity index (χ3n) is 2.45. The summed E-state index contributed by atoms with van der Waals surface area (Å²) in [4.78, 5) is 10.3. The average molecular weight is 237 g/mol. The Bertz CT molecular complexity index is 521. The molecule has 1 aromatic heterocycles. The largest absolute Gasteiger partial charge is 0.396 e. The second kappa shape index (κ2) is 4.59. The number of hydrogen-bond acceptors (Lipinski definition) is 4. The highest BCUT2D eigenvalue weighted by atomic mass is 32.1. The first-order valence-corrected chi connectivity index (χ1v) is 5.85. The molecule has 0 saturated heterocycles. The maximum atomic E-state index is 10.7. The van der Waals surface area contributed by atoms with E-state index in [0.717, 1.165) is 22.1 Å². The second-order valence-electron chi connectivity index (χ2n) is 3.53. The van der Waals surface area contributed by atoms with E-state index in [1.807, 2.05) is 5.38 Å². The number of rotatable bonds is 4. The van der Waals surface area contributed by atoms with Gasteiger partial charge in [0.2, 0.25) is 0 Å². The Hall–Kier alpha value is -1.46. The first kappa shape index (κ1) is 11.0. The van der Waals surface area contributed by atoms with Crippen LogP contribution in [0.2, 0.25) is 0 Å². The average Bonchev–Trinajstić information content (AvgIpc) is 2.68. The molecule has 4 nitrogen and oxygen atoms in total. The van der Waals surface area contributed by atoms with E-state index in [2.05, 4.69) is 0 Å². The minimum absolute atomic E-state index is 0.121. The van der Waals surface area contributed by atoms with Gasteiger partial charge in [-0.1, -0.05) is 0 Å². The van der Waals surface area contributed by atoms with Crippen LogP contribution in [0.25, 0.3) is 10.1 Å². The van der Waals surface area contributed by atoms with Crippen molar-refractivity contribution in [2.75, 3.05) is 6.61 Å². The maximum Gasteiger partial charge on any atom is 0.270 e. The number of fused-ring (bicyclic) bond motifs is 1. The Balaban J connectivity index is 2.43. The highest BCUT2D eigenvalue weighted by Gasteiger charge is 2.10. The fraction of sp³-hybridized carbons (Fsp3) is 0.273. The molecule has 84 valence electrons. The SMILES string of the molecule is O=[N+]([O-])c1ccc2scc(CCCO)c2c1. The predicted octanol–water partition coefficient (Wildman–Crippen LogP) is 2.73. The van der Waals surface area contributed by atoms with Crippen LogP contribution in [0.3, 0.4) is 0 Å². The smallest absolute Gasteiger partial charge is 0.270 e. The van der Waals surface area contributed by atoms with Crippen LogP contribution >= 0.6 is 11.3 Å². The van der Waals surface area contributed by atoms with Gasteiger partial charge in [-0.15, -0.1) is 11.3 Å². The number of nitro groups is 1. The summed E-state index contributed by atoms with van der Waals surface area (Å²) in [6.07, 6.45) is 1.45. The van der Waals surface area contributed by atoms with Crippen molar-refractivity contribution in [1.82, 2.24) is 0 Å². The molecule has 1 N–H and O–H groups in total. The standard InChI is InChI=1S/C11H11NO3S/c13-5-1-2-8-7-16-11-4-3-9(12(14)15)6-10(8)11/h3-4,6-7,13H,1-2,5H2. The van der Waals surface area contributed by atoms with E-state index in [1.165, 1.54) is 6.07 Å². The molecular weight excluding hydrogens is 226 g/mol. The molecule has 1 heterocycles. The van der Waals surface area contributed by atoms with E-state index < -0.39 is 0 Å². The van der Waals surface area contributed by atoms with Gasteiger partial charge in [-0.25, -0.2) is 0 Å². The van der Waals surface area contributed by atoms with Crippen LogP contribution in [0, 0.1) is 10.1 Å². The molecule has 16 heavy (non-hydrogen) atoms. The molecule has 2 aromatic rings. The van der Waals surface area contributed by atoms with Crippen LogP contribution in [0.1, 0.15) is 12.0 Å². The fourth-order valence-electron chi connectivity index (χ4n) is 1.65. The highest BCUT2D eigenvalue weighted by Crippen LogP contribution is 2.30. The van der Waals surface area contributed by atoms with Gasteiger partial charge in [0.15, 0.2) is 0 Å². The molecule has 0 bridgehead atoms. The number of thiophene rings is 1. The van der Waals surface area contributed by atoms with Crippen molar-refractivity contribution in [3.8, 4) is 0 Å². The molecule has 0 unspecified atom stereocenters. The normalized spacial score (nSPS) is 10.8.